The van der Waals surface area contributed by atoms with Crippen LogP contribution < -0.4 is 4.90 Å². The Balaban J connectivity index is 1.86. The van der Waals surface area contributed by atoms with Crippen LogP contribution in [0.4, 0.5) is 10.1 Å². The number of carboxylic acid groups (broad SMARTS) is 1. The zero-order valence-corrected chi connectivity index (χ0v) is 10.9. The lowest BCUT2D eigenvalue weighted by molar-refractivity contribution is -0.148. The Bertz CT molecular complexity index is 509. The van der Waals surface area contributed by atoms with Crippen molar-refractivity contribution in [2.45, 2.75) is 32.1 Å². The highest BCUT2D eigenvalue weighted by molar-refractivity contribution is 5.76. The van der Waals surface area contributed by atoms with E-state index >= 15 is 0 Å². The van der Waals surface area contributed by atoms with Crippen LogP contribution in [0.1, 0.15) is 31.2 Å². The van der Waals surface area contributed by atoms with E-state index in [0.717, 1.165) is 49.9 Å². The van der Waals surface area contributed by atoms with E-state index in [1.807, 2.05) is 6.07 Å². The molecule has 0 aromatic heterocycles. The number of carbonyl (C=O) groups is 1. The van der Waals surface area contributed by atoms with Crippen LogP contribution in [0.5, 0.6) is 0 Å². The molecule has 102 valence electrons. The van der Waals surface area contributed by atoms with Gasteiger partial charge in [-0.1, -0.05) is 18.9 Å². The second-order valence-electron chi connectivity index (χ2n) is 5.74. The van der Waals surface area contributed by atoms with E-state index in [0.29, 0.717) is 6.54 Å². The predicted molar refractivity (Wildman–Crippen MR) is 70.9 cm³/mol. The van der Waals surface area contributed by atoms with E-state index in [1.54, 1.807) is 0 Å². The molecule has 1 aliphatic heterocycles. The topological polar surface area (TPSA) is 40.5 Å². The Hall–Kier alpha value is -1.58. The number of rotatable bonds is 3. The summed E-state index contributed by atoms with van der Waals surface area (Å²) >= 11 is 0. The fraction of sp³-hybridized carbons (Fsp3) is 0.533. The molecule has 0 spiro atoms. The van der Waals surface area contributed by atoms with Crippen molar-refractivity contribution in [2.75, 3.05) is 18.0 Å². The zero-order valence-electron chi connectivity index (χ0n) is 10.9. The third kappa shape index (κ3) is 2.09. The standard InChI is InChI=1S/C15H18FNO2/c16-12-4-3-11-5-8-17(13(11)9-12)10-15(14(18)19)6-1-2-7-15/h3-4,9H,1-2,5-8,10H2,(H,18,19). The molecule has 1 aromatic carbocycles. The first kappa shape index (κ1) is 12.5. The van der Waals surface area contributed by atoms with Crippen molar-refractivity contribution in [1.82, 2.24) is 0 Å². The molecule has 0 saturated heterocycles. The summed E-state index contributed by atoms with van der Waals surface area (Å²) in [7, 11) is 0. The van der Waals surface area contributed by atoms with E-state index in [9.17, 15) is 14.3 Å². The van der Waals surface area contributed by atoms with Gasteiger partial charge in [0.15, 0.2) is 0 Å². The monoisotopic (exact) mass is 263 g/mol. The maximum absolute atomic E-state index is 13.4. The minimum atomic E-state index is -0.699. The van der Waals surface area contributed by atoms with Gasteiger partial charge in [0.25, 0.3) is 0 Å². The molecule has 3 rings (SSSR count). The maximum atomic E-state index is 13.4. The minimum absolute atomic E-state index is 0.249. The normalized spacial score (nSPS) is 20.6. The number of halogens is 1. The summed E-state index contributed by atoms with van der Waals surface area (Å²) in [4.78, 5) is 13.6. The van der Waals surface area contributed by atoms with Gasteiger partial charge in [-0.15, -0.1) is 0 Å². The van der Waals surface area contributed by atoms with Crippen molar-refractivity contribution in [3.8, 4) is 0 Å². The quantitative estimate of drug-likeness (QED) is 0.911. The average molecular weight is 263 g/mol. The lowest BCUT2D eigenvalue weighted by Crippen LogP contribution is -2.41. The molecule has 1 N–H and O–H groups in total. The second-order valence-corrected chi connectivity index (χ2v) is 5.74. The number of nitrogens with zero attached hydrogens (tertiary/aromatic N) is 1. The summed E-state index contributed by atoms with van der Waals surface area (Å²) in [5.74, 6) is -0.948. The summed E-state index contributed by atoms with van der Waals surface area (Å²) < 4.78 is 13.4. The number of carboxylic acids is 1. The van der Waals surface area contributed by atoms with Crippen LogP contribution in [0, 0.1) is 11.2 Å². The molecule has 3 nitrogen and oxygen atoms in total. The molecule has 1 saturated carbocycles. The van der Waals surface area contributed by atoms with Gasteiger partial charge >= 0.3 is 5.97 Å². The van der Waals surface area contributed by atoms with Crippen molar-refractivity contribution >= 4 is 11.7 Å². The first-order chi connectivity index (χ1) is 9.11. The molecule has 1 aliphatic carbocycles. The summed E-state index contributed by atoms with van der Waals surface area (Å²) in [6.07, 6.45) is 4.32. The van der Waals surface area contributed by atoms with E-state index in [2.05, 4.69) is 4.90 Å². The van der Waals surface area contributed by atoms with Crippen LogP contribution in [0.2, 0.25) is 0 Å². The number of benzene rings is 1. The first-order valence-corrected chi connectivity index (χ1v) is 6.88. The Morgan fingerprint density at radius 1 is 1.37 bits per heavy atom. The third-order valence-corrected chi connectivity index (χ3v) is 4.55. The number of hydrogen-bond acceptors (Lipinski definition) is 2. The molecule has 1 aromatic rings. The smallest absolute Gasteiger partial charge is 0.311 e. The molecule has 0 atom stereocenters. The van der Waals surface area contributed by atoms with Crippen LogP contribution in [-0.4, -0.2) is 24.2 Å². The summed E-state index contributed by atoms with van der Waals surface area (Å²) in [6, 6.07) is 4.82. The van der Waals surface area contributed by atoms with Crippen LogP contribution in [0.3, 0.4) is 0 Å². The van der Waals surface area contributed by atoms with Crippen LogP contribution in [0.25, 0.3) is 0 Å². The number of fused-ring (bicyclic) bond motifs is 1. The van der Waals surface area contributed by atoms with Crippen molar-refractivity contribution in [3.63, 3.8) is 0 Å². The highest BCUT2D eigenvalue weighted by Gasteiger charge is 2.43. The molecular formula is C15H18FNO2. The van der Waals surface area contributed by atoms with E-state index in [-0.39, 0.29) is 5.82 Å². The van der Waals surface area contributed by atoms with Crippen molar-refractivity contribution in [3.05, 3.63) is 29.6 Å². The Morgan fingerprint density at radius 3 is 2.79 bits per heavy atom. The summed E-state index contributed by atoms with van der Waals surface area (Å²) in [5.41, 5.74) is 1.38. The van der Waals surface area contributed by atoms with Crippen molar-refractivity contribution in [1.29, 1.82) is 0 Å². The van der Waals surface area contributed by atoms with Crippen molar-refractivity contribution < 1.29 is 14.3 Å². The van der Waals surface area contributed by atoms with Gasteiger partial charge in [-0.05, 0) is 37.0 Å². The van der Waals surface area contributed by atoms with Gasteiger partial charge in [0, 0.05) is 18.8 Å². The molecular weight excluding hydrogens is 245 g/mol. The summed E-state index contributed by atoms with van der Waals surface area (Å²) in [5, 5.41) is 9.53. The van der Waals surface area contributed by atoms with Gasteiger partial charge < -0.3 is 10.0 Å². The SMILES string of the molecule is O=C(O)C1(CN2CCc3ccc(F)cc32)CCCC1. The molecule has 0 unspecified atom stereocenters. The molecule has 0 amide bonds. The number of hydrogen-bond donors (Lipinski definition) is 1. The fourth-order valence-electron chi connectivity index (χ4n) is 3.44. The number of anilines is 1. The lowest BCUT2D eigenvalue weighted by atomic mass is 9.85. The van der Waals surface area contributed by atoms with Gasteiger partial charge in [0.05, 0.1) is 5.41 Å². The minimum Gasteiger partial charge on any atom is -0.481 e. The largest absolute Gasteiger partial charge is 0.481 e. The predicted octanol–water partition coefficient (Wildman–Crippen LogP) is 2.83. The Kier molecular flexibility index (Phi) is 2.96. The van der Waals surface area contributed by atoms with Crippen LogP contribution >= 0.6 is 0 Å². The Labute approximate surface area is 112 Å². The second kappa shape index (κ2) is 4.51. The fourth-order valence-corrected chi connectivity index (χ4v) is 3.44. The third-order valence-electron chi connectivity index (χ3n) is 4.55. The first-order valence-electron chi connectivity index (χ1n) is 6.88. The molecule has 2 aliphatic rings. The molecule has 1 heterocycles. The van der Waals surface area contributed by atoms with Gasteiger partial charge in [-0.2, -0.15) is 0 Å². The molecule has 1 fully saturated rings. The van der Waals surface area contributed by atoms with E-state index < -0.39 is 11.4 Å². The van der Waals surface area contributed by atoms with Gasteiger partial charge in [0.1, 0.15) is 5.82 Å². The summed E-state index contributed by atoms with van der Waals surface area (Å²) in [6.45, 7) is 1.31. The highest BCUT2D eigenvalue weighted by Crippen LogP contribution is 2.41. The van der Waals surface area contributed by atoms with Crippen LogP contribution in [0.15, 0.2) is 18.2 Å². The molecule has 0 radical (unpaired) electrons. The average Bonchev–Trinajstić information content (AvgIpc) is 2.98. The maximum Gasteiger partial charge on any atom is 0.311 e. The Morgan fingerprint density at radius 2 is 2.11 bits per heavy atom. The van der Waals surface area contributed by atoms with Gasteiger partial charge in [-0.25, -0.2) is 4.39 Å². The number of aliphatic carboxylic acids is 1. The molecule has 4 heteroatoms. The highest BCUT2D eigenvalue weighted by atomic mass is 19.1. The lowest BCUT2D eigenvalue weighted by Gasteiger charge is -2.31. The van der Waals surface area contributed by atoms with Gasteiger partial charge in [-0.3, -0.25) is 4.79 Å². The van der Waals surface area contributed by atoms with E-state index in [1.165, 1.54) is 12.1 Å². The van der Waals surface area contributed by atoms with E-state index in [4.69, 9.17) is 0 Å². The molecule has 19 heavy (non-hydrogen) atoms. The zero-order chi connectivity index (χ0) is 13.5. The molecule has 0 bridgehead atoms. The van der Waals surface area contributed by atoms with Crippen molar-refractivity contribution in [2.24, 2.45) is 5.41 Å². The van der Waals surface area contributed by atoms with Gasteiger partial charge in [0.2, 0.25) is 0 Å². The van der Waals surface area contributed by atoms with Crippen LogP contribution in [-0.2, 0) is 11.2 Å².